The van der Waals surface area contributed by atoms with E-state index in [1.807, 2.05) is 31.2 Å². The number of nitrogens with two attached hydrogens (primary N) is 1. The summed E-state index contributed by atoms with van der Waals surface area (Å²) in [7, 11) is 0. The molecule has 0 unspecified atom stereocenters. The van der Waals surface area contributed by atoms with Gasteiger partial charge in [0.2, 0.25) is 0 Å². The molecule has 0 aliphatic rings. The molecule has 2 aromatic rings. The molecule has 2 rings (SSSR count). The molecule has 0 amide bonds. The lowest BCUT2D eigenvalue weighted by Crippen LogP contribution is -3.14. The van der Waals surface area contributed by atoms with Gasteiger partial charge in [0.15, 0.2) is 11.5 Å². The highest BCUT2D eigenvalue weighted by molar-refractivity contribution is 5.46. The van der Waals surface area contributed by atoms with E-state index in [9.17, 15) is 0 Å². The topological polar surface area (TPSA) is 39.5 Å². The summed E-state index contributed by atoms with van der Waals surface area (Å²) < 4.78 is 12.0. The van der Waals surface area contributed by atoms with Gasteiger partial charge in [-0.3, -0.25) is 0 Å². The maximum Gasteiger partial charge on any atom is 0.170 e. The van der Waals surface area contributed by atoms with Gasteiger partial charge in [0.25, 0.3) is 0 Å². The third-order valence-corrected chi connectivity index (χ3v) is 4.65. The number of quaternary nitrogens is 2. The predicted octanol–water partition coefficient (Wildman–Crippen LogP) is 1.65. The van der Waals surface area contributed by atoms with Crippen LogP contribution in [-0.4, -0.2) is 32.8 Å². The lowest BCUT2D eigenvalue weighted by atomic mass is 10.1. The first-order valence-electron chi connectivity index (χ1n) is 9.85. The first kappa shape index (κ1) is 20.3. The normalized spacial score (nSPS) is 10.9. The second-order valence-electron chi connectivity index (χ2n) is 6.44. The molecule has 142 valence electrons. The highest BCUT2D eigenvalue weighted by Crippen LogP contribution is 2.31. The Labute approximate surface area is 158 Å². The van der Waals surface area contributed by atoms with Crippen molar-refractivity contribution < 1.29 is 19.7 Å². The zero-order valence-electron chi connectivity index (χ0n) is 16.5. The highest BCUT2D eigenvalue weighted by Gasteiger charge is 2.13. The first-order valence-corrected chi connectivity index (χ1v) is 9.85. The Hall–Kier alpha value is -2.04. The van der Waals surface area contributed by atoms with Crippen LogP contribution < -0.4 is 19.7 Å². The van der Waals surface area contributed by atoms with Crippen LogP contribution in [0.4, 0.5) is 0 Å². The van der Waals surface area contributed by atoms with Crippen LogP contribution in [0, 0.1) is 0 Å². The van der Waals surface area contributed by atoms with Crippen LogP contribution in [0.15, 0.2) is 48.5 Å². The van der Waals surface area contributed by atoms with Gasteiger partial charge in [-0.2, -0.15) is 0 Å². The largest absolute Gasteiger partial charge is 0.490 e. The second-order valence-corrected chi connectivity index (χ2v) is 6.44. The first-order chi connectivity index (χ1) is 12.8. The summed E-state index contributed by atoms with van der Waals surface area (Å²) in [6.45, 7) is 13.3. The molecule has 0 radical (unpaired) electrons. The molecule has 0 saturated heterocycles. The standard InChI is InChI=1S/C22H32N2O2/c1-4-24(5-2)16-15-23-17-20-13-10-14-21(25-6-3)22(20)26-18-19-11-8-7-9-12-19/h7-14,23H,4-6,15-18H2,1-3H3/p+2. The summed E-state index contributed by atoms with van der Waals surface area (Å²) in [6.07, 6.45) is 0. The van der Waals surface area contributed by atoms with E-state index in [0.717, 1.165) is 24.6 Å². The van der Waals surface area contributed by atoms with E-state index in [4.69, 9.17) is 9.47 Å². The number of likely N-dealkylation sites (N-methyl/N-ethyl adjacent to an activating group) is 1. The second kappa shape index (κ2) is 11.6. The molecule has 0 spiro atoms. The average Bonchev–Trinajstić information content (AvgIpc) is 2.68. The van der Waals surface area contributed by atoms with Crippen molar-refractivity contribution in [1.29, 1.82) is 0 Å². The molecule has 0 aliphatic carbocycles. The molecule has 4 heteroatoms. The van der Waals surface area contributed by atoms with Gasteiger partial charge < -0.3 is 19.7 Å². The number of nitrogens with one attached hydrogen (secondary N) is 1. The molecule has 0 fully saturated rings. The molecule has 0 heterocycles. The molecule has 2 aromatic carbocycles. The van der Waals surface area contributed by atoms with Crippen LogP contribution >= 0.6 is 0 Å². The Morgan fingerprint density at radius 3 is 2.35 bits per heavy atom. The fourth-order valence-electron chi connectivity index (χ4n) is 3.05. The summed E-state index contributed by atoms with van der Waals surface area (Å²) in [5, 5.41) is 2.37. The van der Waals surface area contributed by atoms with E-state index in [0.29, 0.717) is 13.2 Å². The zero-order chi connectivity index (χ0) is 18.6. The maximum absolute atomic E-state index is 6.18. The number of rotatable bonds is 12. The van der Waals surface area contributed by atoms with E-state index in [1.165, 1.54) is 30.8 Å². The summed E-state index contributed by atoms with van der Waals surface area (Å²) in [5.41, 5.74) is 2.36. The molecular weight excluding hydrogens is 324 g/mol. The Bertz CT molecular complexity index is 627. The van der Waals surface area contributed by atoms with Gasteiger partial charge in [0, 0.05) is 0 Å². The fourth-order valence-corrected chi connectivity index (χ4v) is 3.05. The van der Waals surface area contributed by atoms with Gasteiger partial charge in [-0.1, -0.05) is 36.4 Å². The monoisotopic (exact) mass is 358 g/mol. The molecule has 4 nitrogen and oxygen atoms in total. The molecule has 0 bridgehead atoms. The van der Waals surface area contributed by atoms with Crippen molar-refractivity contribution in [1.82, 2.24) is 0 Å². The summed E-state index contributed by atoms with van der Waals surface area (Å²) in [6, 6.07) is 16.5. The van der Waals surface area contributed by atoms with Crippen LogP contribution in [0.25, 0.3) is 0 Å². The van der Waals surface area contributed by atoms with Crippen LogP contribution in [-0.2, 0) is 13.2 Å². The number of para-hydroxylation sites is 1. The molecule has 0 aliphatic heterocycles. The lowest BCUT2D eigenvalue weighted by molar-refractivity contribution is -0.910. The number of ether oxygens (including phenoxy) is 2. The van der Waals surface area contributed by atoms with Crippen LogP contribution in [0.2, 0.25) is 0 Å². The minimum Gasteiger partial charge on any atom is -0.490 e. The van der Waals surface area contributed by atoms with Crippen molar-refractivity contribution in [2.45, 2.75) is 33.9 Å². The summed E-state index contributed by atoms with van der Waals surface area (Å²) in [5.74, 6) is 1.72. The smallest absolute Gasteiger partial charge is 0.170 e. The zero-order valence-corrected chi connectivity index (χ0v) is 16.5. The summed E-state index contributed by atoms with van der Waals surface area (Å²) >= 11 is 0. The van der Waals surface area contributed by atoms with E-state index in [2.05, 4.69) is 43.4 Å². The van der Waals surface area contributed by atoms with Crippen LogP contribution in [0.1, 0.15) is 31.9 Å². The van der Waals surface area contributed by atoms with Gasteiger partial charge in [-0.25, -0.2) is 0 Å². The molecule has 0 saturated carbocycles. The van der Waals surface area contributed by atoms with Crippen molar-refractivity contribution in [3.63, 3.8) is 0 Å². The van der Waals surface area contributed by atoms with Gasteiger partial charge >= 0.3 is 0 Å². The minimum absolute atomic E-state index is 0.557. The average molecular weight is 359 g/mol. The SMILES string of the molecule is CCOc1cccc(C[NH2+]CC[NH+](CC)CC)c1OCc1ccccc1. The fraction of sp³-hybridized carbons (Fsp3) is 0.455. The molecule has 3 N–H and O–H groups in total. The van der Waals surface area contributed by atoms with E-state index in [-0.39, 0.29) is 0 Å². The Morgan fingerprint density at radius 2 is 1.65 bits per heavy atom. The van der Waals surface area contributed by atoms with E-state index < -0.39 is 0 Å². The molecule has 0 atom stereocenters. The van der Waals surface area contributed by atoms with Gasteiger partial charge in [-0.15, -0.1) is 0 Å². The van der Waals surface area contributed by atoms with Gasteiger partial charge in [-0.05, 0) is 38.5 Å². The maximum atomic E-state index is 6.18. The Morgan fingerprint density at radius 1 is 0.885 bits per heavy atom. The van der Waals surface area contributed by atoms with Crippen molar-refractivity contribution in [2.24, 2.45) is 0 Å². The number of benzene rings is 2. The lowest BCUT2D eigenvalue weighted by Gasteiger charge is -2.16. The Balaban J connectivity index is 2.01. The van der Waals surface area contributed by atoms with E-state index in [1.54, 1.807) is 4.90 Å². The summed E-state index contributed by atoms with van der Waals surface area (Å²) in [4.78, 5) is 1.64. The minimum atomic E-state index is 0.557. The predicted molar refractivity (Wildman–Crippen MR) is 106 cm³/mol. The number of hydrogen-bond acceptors (Lipinski definition) is 2. The van der Waals surface area contributed by atoms with Crippen molar-refractivity contribution in [2.75, 3.05) is 32.8 Å². The van der Waals surface area contributed by atoms with E-state index >= 15 is 0 Å². The van der Waals surface area contributed by atoms with Gasteiger partial charge in [0.1, 0.15) is 26.2 Å². The molecule has 0 aromatic heterocycles. The van der Waals surface area contributed by atoms with Gasteiger partial charge in [0.05, 0.1) is 25.3 Å². The van der Waals surface area contributed by atoms with Crippen LogP contribution in [0.5, 0.6) is 11.5 Å². The molecular formula is C22H34N2O2+2. The highest BCUT2D eigenvalue weighted by atomic mass is 16.5. The van der Waals surface area contributed by atoms with Crippen LogP contribution in [0.3, 0.4) is 0 Å². The molecule has 26 heavy (non-hydrogen) atoms. The Kier molecular flexibility index (Phi) is 9.01. The third-order valence-electron chi connectivity index (χ3n) is 4.65. The van der Waals surface area contributed by atoms with Crippen molar-refractivity contribution in [3.05, 3.63) is 59.7 Å². The quantitative estimate of drug-likeness (QED) is 0.567. The third kappa shape index (κ3) is 6.36. The number of hydrogen-bond donors (Lipinski definition) is 2. The van der Waals surface area contributed by atoms with Crippen molar-refractivity contribution in [3.8, 4) is 11.5 Å². The van der Waals surface area contributed by atoms with Crippen molar-refractivity contribution >= 4 is 0 Å².